The molecule has 0 aromatic heterocycles. The Bertz CT molecular complexity index is 398. The first-order chi connectivity index (χ1) is 7.47. The van der Waals surface area contributed by atoms with Gasteiger partial charge >= 0.3 is 26.2 Å². The number of hydrogen-bond donors (Lipinski definition) is 0. The zero-order chi connectivity index (χ0) is 12.3. The van der Waals surface area contributed by atoms with Crippen molar-refractivity contribution in [3.8, 4) is 5.75 Å². The predicted molar refractivity (Wildman–Crippen MR) is 44.5 cm³/mol. The van der Waals surface area contributed by atoms with Gasteiger partial charge in [0.1, 0.15) is 11.8 Å². The molecule has 3 nitrogen and oxygen atoms in total. The molecule has 0 amide bonds. The van der Waals surface area contributed by atoms with Crippen LogP contribution in [-0.2, 0) is 4.65 Å². The number of hydrogen-bond acceptors (Lipinski definition) is 3. The van der Waals surface area contributed by atoms with Gasteiger partial charge in [-0.15, -0.1) is 0 Å². The number of halogens is 5. The van der Waals surface area contributed by atoms with E-state index in [1.165, 1.54) is 0 Å². The van der Waals surface area contributed by atoms with Crippen molar-refractivity contribution in [1.29, 1.82) is 0 Å². The fourth-order valence-electron chi connectivity index (χ4n) is 0.826. The van der Waals surface area contributed by atoms with Crippen LogP contribution in [0.3, 0.4) is 0 Å². The van der Waals surface area contributed by atoms with E-state index in [0.717, 1.165) is 0 Å². The van der Waals surface area contributed by atoms with Crippen molar-refractivity contribution in [1.82, 2.24) is 0 Å². The molecule has 10 heteroatoms. The van der Waals surface area contributed by atoms with Gasteiger partial charge in [-0.25, -0.2) is 13.2 Å². The molecule has 1 aromatic carbocycles. The van der Waals surface area contributed by atoms with Crippen LogP contribution < -0.4 is 28.5 Å². The van der Waals surface area contributed by atoms with Gasteiger partial charge in [-0.2, -0.15) is 4.39 Å². The second-order valence-corrected chi connectivity index (χ2v) is 2.70. The Morgan fingerprint density at radius 2 is 1.76 bits per heavy atom. The van der Waals surface area contributed by atoms with Crippen molar-refractivity contribution in [2.75, 3.05) is 6.07 Å². The van der Waals surface area contributed by atoms with Crippen molar-refractivity contribution < 1.29 is 50.8 Å². The van der Waals surface area contributed by atoms with Crippen molar-refractivity contribution in [3.63, 3.8) is 0 Å². The van der Waals surface area contributed by atoms with Crippen LogP contribution in [0.15, 0.2) is 6.07 Å². The summed E-state index contributed by atoms with van der Waals surface area (Å²) in [4.78, 5) is 0. The van der Waals surface area contributed by atoms with Crippen molar-refractivity contribution in [2.24, 2.45) is 0 Å². The molecule has 0 bridgehead atoms. The number of alkyl halides is 1. The standard InChI is InChI=1S/C7H3BClF4O3.Li/c9-2-15-8(14)16-4-1-3(10)5(11)7(13)6(4)12;/h1H,2H2;/q-1;+1. The summed E-state index contributed by atoms with van der Waals surface area (Å²) in [5.74, 6) is -8.68. The molecule has 0 saturated carbocycles. The van der Waals surface area contributed by atoms with Gasteiger partial charge in [0, 0.05) is 6.07 Å². The summed E-state index contributed by atoms with van der Waals surface area (Å²) < 4.78 is 58.9. The van der Waals surface area contributed by atoms with E-state index in [1.807, 2.05) is 0 Å². The predicted octanol–water partition coefficient (Wildman–Crippen LogP) is -1.82. The van der Waals surface area contributed by atoms with E-state index in [-0.39, 0.29) is 24.9 Å². The van der Waals surface area contributed by atoms with E-state index in [2.05, 4.69) is 9.31 Å². The molecule has 0 aliphatic rings. The third-order valence-corrected chi connectivity index (χ3v) is 1.62. The smallest absolute Gasteiger partial charge is 0.820 e. The average molecular weight is 264 g/mol. The Morgan fingerprint density at radius 1 is 1.18 bits per heavy atom. The summed E-state index contributed by atoms with van der Waals surface area (Å²) in [5, 5.41) is 10.7. The largest absolute Gasteiger partial charge is 1.00 e. The Hall–Kier alpha value is -0.388. The summed E-state index contributed by atoms with van der Waals surface area (Å²) in [5.41, 5.74) is 0. The van der Waals surface area contributed by atoms with Gasteiger partial charge in [-0.3, -0.25) is 0 Å². The van der Waals surface area contributed by atoms with Gasteiger partial charge in [-0.1, -0.05) is 11.6 Å². The molecule has 88 valence electrons. The van der Waals surface area contributed by atoms with Gasteiger partial charge in [0.25, 0.3) is 0 Å². The van der Waals surface area contributed by atoms with E-state index < -0.39 is 42.4 Å². The van der Waals surface area contributed by atoms with Crippen LogP contribution in [0.25, 0.3) is 0 Å². The number of benzene rings is 1. The van der Waals surface area contributed by atoms with Gasteiger partial charge in [0.05, 0.1) is 0 Å². The molecule has 0 radical (unpaired) electrons. The summed E-state index contributed by atoms with van der Waals surface area (Å²) in [6, 6.07) is -0.363. The van der Waals surface area contributed by atoms with E-state index >= 15 is 0 Å². The maximum Gasteiger partial charge on any atom is 1.00 e. The Morgan fingerprint density at radius 3 is 2.29 bits per heavy atom. The summed E-state index contributed by atoms with van der Waals surface area (Å²) in [6.07, 6.45) is 0. The SMILES string of the molecule is [Li+].[O-]B(OCCl)Oc1cc(F)c(F)c(F)c1F. The molecular weight excluding hydrogens is 261 g/mol. The van der Waals surface area contributed by atoms with Crippen LogP contribution in [0.1, 0.15) is 0 Å². The minimum absolute atomic E-state index is 0. The molecule has 17 heavy (non-hydrogen) atoms. The fourth-order valence-corrected chi connectivity index (χ4v) is 0.929. The summed E-state index contributed by atoms with van der Waals surface area (Å²) in [7, 11) is -2.27. The van der Waals surface area contributed by atoms with E-state index in [9.17, 15) is 22.6 Å². The van der Waals surface area contributed by atoms with Crippen LogP contribution in [0, 0.1) is 23.3 Å². The minimum Gasteiger partial charge on any atom is -0.820 e. The van der Waals surface area contributed by atoms with E-state index in [1.54, 1.807) is 0 Å². The molecule has 0 fully saturated rings. The van der Waals surface area contributed by atoms with Crippen molar-refractivity contribution in [2.45, 2.75) is 0 Å². The second kappa shape index (κ2) is 7.14. The van der Waals surface area contributed by atoms with Crippen LogP contribution in [0.5, 0.6) is 5.75 Å². The van der Waals surface area contributed by atoms with Gasteiger partial charge in [0.15, 0.2) is 11.6 Å². The first-order valence-corrected chi connectivity index (χ1v) is 4.33. The fraction of sp³-hybridized carbons (Fsp3) is 0.143. The molecule has 0 aliphatic heterocycles. The zero-order valence-electron chi connectivity index (χ0n) is 8.48. The van der Waals surface area contributed by atoms with E-state index in [4.69, 9.17) is 11.6 Å². The Balaban J connectivity index is 0.00000256. The third-order valence-electron chi connectivity index (χ3n) is 1.49. The average Bonchev–Trinajstić information content (AvgIpc) is 2.23. The van der Waals surface area contributed by atoms with Crippen molar-refractivity contribution >= 4 is 18.9 Å². The van der Waals surface area contributed by atoms with E-state index in [0.29, 0.717) is 0 Å². The minimum atomic E-state index is -2.27. The molecular formula is C7H3BClF4LiO3. The molecule has 0 atom stereocenters. The quantitative estimate of drug-likeness (QED) is 0.211. The molecule has 0 saturated heterocycles. The summed E-state index contributed by atoms with van der Waals surface area (Å²) >= 11 is 4.99. The van der Waals surface area contributed by atoms with Crippen LogP contribution >= 0.6 is 11.6 Å². The third kappa shape index (κ3) is 4.08. The molecule has 0 spiro atoms. The van der Waals surface area contributed by atoms with Crippen molar-refractivity contribution in [3.05, 3.63) is 29.3 Å². The molecule has 1 rings (SSSR count). The monoisotopic (exact) mass is 264 g/mol. The van der Waals surface area contributed by atoms with Crippen LogP contribution in [0.4, 0.5) is 17.6 Å². The Labute approximate surface area is 111 Å². The maximum absolute atomic E-state index is 12.9. The van der Waals surface area contributed by atoms with Gasteiger partial charge in [-0.05, 0) is 0 Å². The molecule has 0 N–H and O–H groups in total. The molecule has 0 unspecified atom stereocenters. The first kappa shape index (κ1) is 16.6. The van der Waals surface area contributed by atoms with Crippen LogP contribution in [0.2, 0.25) is 0 Å². The normalized spacial score (nSPS) is 9.76. The molecule has 1 aromatic rings. The maximum atomic E-state index is 12.9. The van der Waals surface area contributed by atoms with Gasteiger partial charge in [0.2, 0.25) is 11.6 Å². The Kier molecular flexibility index (Phi) is 6.97. The number of rotatable bonds is 4. The van der Waals surface area contributed by atoms with Gasteiger partial charge < -0.3 is 14.3 Å². The molecule has 0 heterocycles. The first-order valence-electron chi connectivity index (χ1n) is 3.80. The van der Waals surface area contributed by atoms with Crippen LogP contribution in [-0.4, -0.2) is 13.4 Å². The topological polar surface area (TPSA) is 41.5 Å². The molecule has 0 aliphatic carbocycles. The summed E-state index contributed by atoms with van der Waals surface area (Å²) in [6.45, 7) is 0. The zero-order valence-corrected chi connectivity index (χ0v) is 9.23. The second-order valence-electron chi connectivity index (χ2n) is 2.48.